The van der Waals surface area contributed by atoms with Crippen LogP contribution in [0.4, 0.5) is 4.39 Å². The third-order valence-electron chi connectivity index (χ3n) is 3.52. The second-order valence-corrected chi connectivity index (χ2v) is 6.66. The zero-order valence-electron chi connectivity index (χ0n) is 12.3. The monoisotopic (exact) mass is 332 g/mol. The SMILES string of the molecule is CC(Sc1nnnn1C1CC1)c1nnc(-c2ccc(F)cc2)o1. The number of benzene rings is 1. The van der Waals surface area contributed by atoms with Gasteiger partial charge in [-0.25, -0.2) is 9.07 Å². The van der Waals surface area contributed by atoms with Gasteiger partial charge in [0.2, 0.25) is 16.9 Å². The van der Waals surface area contributed by atoms with Gasteiger partial charge in [-0.2, -0.15) is 0 Å². The molecule has 0 amide bonds. The van der Waals surface area contributed by atoms with Gasteiger partial charge in [-0.3, -0.25) is 0 Å². The van der Waals surface area contributed by atoms with Crippen LogP contribution in [0.3, 0.4) is 0 Å². The Balaban J connectivity index is 1.51. The quantitative estimate of drug-likeness (QED) is 0.664. The van der Waals surface area contributed by atoms with Crippen LogP contribution >= 0.6 is 11.8 Å². The van der Waals surface area contributed by atoms with Gasteiger partial charge in [-0.05, 0) is 54.5 Å². The summed E-state index contributed by atoms with van der Waals surface area (Å²) in [5.74, 6) is 0.554. The van der Waals surface area contributed by atoms with Crippen LogP contribution in [0.5, 0.6) is 0 Å². The number of aromatic nitrogens is 6. The van der Waals surface area contributed by atoms with Crippen molar-refractivity contribution in [3.05, 3.63) is 36.0 Å². The molecule has 1 saturated carbocycles. The zero-order chi connectivity index (χ0) is 15.8. The van der Waals surface area contributed by atoms with E-state index in [1.165, 1.54) is 23.9 Å². The Morgan fingerprint density at radius 1 is 1.22 bits per heavy atom. The number of hydrogen-bond acceptors (Lipinski definition) is 7. The first kappa shape index (κ1) is 14.3. The third kappa shape index (κ3) is 2.96. The minimum absolute atomic E-state index is 0.0831. The van der Waals surface area contributed by atoms with Gasteiger partial charge in [-0.15, -0.1) is 15.3 Å². The predicted octanol–water partition coefficient (Wildman–Crippen LogP) is 3.05. The van der Waals surface area contributed by atoms with Crippen LogP contribution in [0.25, 0.3) is 11.5 Å². The van der Waals surface area contributed by atoms with Crippen LogP contribution in [0, 0.1) is 5.82 Å². The molecule has 0 saturated heterocycles. The Morgan fingerprint density at radius 3 is 2.74 bits per heavy atom. The Labute approximate surface area is 135 Å². The van der Waals surface area contributed by atoms with E-state index in [0.29, 0.717) is 23.4 Å². The predicted molar refractivity (Wildman–Crippen MR) is 80.1 cm³/mol. The lowest BCUT2D eigenvalue weighted by Gasteiger charge is -2.06. The van der Waals surface area contributed by atoms with Crippen molar-refractivity contribution in [3.8, 4) is 11.5 Å². The van der Waals surface area contributed by atoms with Gasteiger partial charge in [-0.1, -0.05) is 11.8 Å². The Bertz CT molecular complexity index is 813. The summed E-state index contributed by atoms with van der Waals surface area (Å²) in [5, 5.41) is 20.6. The van der Waals surface area contributed by atoms with Gasteiger partial charge >= 0.3 is 0 Å². The van der Waals surface area contributed by atoms with E-state index in [-0.39, 0.29) is 11.1 Å². The third-order valence-corrected chi connectivity index (χ3v) is 4.55. The molecule has 118 valence electrons. The highest BCUT2D eigenvalue weighted by molar-refractivity contribution is 7.99. The minimum Gasteiger partial charge on any atom is -0.419 e. The lowest BCUT2D eigenvalue weighted by molar-refractivity contribution is 0.507. The molecule has 3 aromatic rings. The van der Waals surface area contributed by atoms with Crippen molar-refractivity contribution in [2.75, 3.05) is 0 Å². The van der Waals surface area contributed by atoms with Gasteiger partial charge in [0.15, 0.2) is 0 Å². The molecule has 1 aromatic carbocycles. The van der Waals surface area contributed by atoms with E-state index in [1.54, 1.807) is 12.1 Å². The second-order valence-electron chi connectivity index (χ2n) is 5.35. The van der Waals surface area contributed by atoms with E-state index >= 15 is 0 Å². The molecule has 0 bridgehead atoms. The first-order valence-corrected chi connectivity index (χ1v) is 8.12. The fourth-order valence-corrected chi connectivity index (χ4v) is 3.02. The largest absolute Gasteiger partial charge is 0.419 e. The smallest absolute Gasteiger partial charge is 0.247 e. The van der Waals surface area contributed by atoms with Crippen molar-refractivity contribution in [1.82, 2.24) is 30.4 Å². The molecule has 0 N–H and O–H groups in total. The van der Waals surface area contributed by atoms with Gasteiger partial charge < -0.3 is 4.42 Å². The standard InChI is InChI=1S/C14H13FN6OS/c1-8(23-14-18-19-20-21(14)11-6-7-11)12-16-17-13(22-12)9-2-4-10(15)5-3-9/h2-5,8,11H,6-7H2,1H3. The van der Waals surface area contributed by atoms with E-state index in [0.717, 1.165) is 18.0 Å². The van der Waals surface area contributed by atoms with Gasteiger partial charge in [0.1, 0.15) is 5.82 Å². The molecule has 1 atom stereocenters. The van der Waals surface area contributed by atoms with Crippen LogP contribution in [-0.2, 0) is 0 Å². The molecule has 1 unspecified atom stereocenters. The Morgan fingerprint density at radius 2 is 2.00 bits per heavy atom. The molecular weight excluding hydrogens is 319 g/mol. The highest BCUT2D eigenvalue weighted by atomic mass is 32.2. The van der Waals surface area contributed by atoms with Crippen molar-refractivity contribution in [1.29, 1.82) is 0 Å². The maximum atomic E-state index is 13.0. The number of nitrogens with zero attached hydrogens (tertiary/aromatic N) is 6. The average molecular weight is 332 g/mol. The number of hydrogen-bond donors (Lipinski definition) is 0. The van der Waals surface area contributed by atoms with Crippen LogP contribution in [0.15, 0.2) is 33.8 Å². The van der Waals surface area contributed by atoms with Crippen molar-refractivity contribution in [2.45, 2.75) is 36.2 Å². The van der Waals surface area contributed by atoms with Crippen molar-refractivity contribution in [2.24, 2.45) is 0 Å². The molecule has 23 heavy (non-hydrogen) atoms. The molecule has 1 aliphatic carbocycles. The van der Waals surface area contributed by atoms with E-state index in [1.807, 2.05) is 11.6 Å². The van der Waals surface area contributed by atoms with Gasteiger partial charge in [0.05, 0.1) is 11.3 Å². The summed E-state index contributed by atoms with van der Waals surface area (Å²) >= 11 is 1.48. The number of tetrazole rings is 1. The van der Waals surface area contributed by atoms with Crippen molar-refractivity contribution in [3.63, 3.8) is 0 Å². The molecule has 0 spiro atoms. The first-order chi connectivity index (χ1) is 11.2. The summed E-state index contributed by atoms with van der Waals surface area (Å²) < 4.78 is 20.5. The topological polar surface area (TPSA) is 82.5 Å². The number of halogens is 1. The van der Waals surface area contributed by atoms with Crippen molar-refractivity contribution < 1.29 is 8.81 Å². The highest BCUT2D eigenvalue weighted by Gasteiger charge is 2.29. The number of thioether (sulfide) groups is 1. The molecule has 7 nitrogen and oxygen atoms in total. The highest BCUT2D eigenvalue weighted by Crippen LogP contribution is 2.40. The Kier molecular flexibility index (Phi) is 3.56. The van der Waals surface area contributed by atoms with E-state index in [4.69, 9.17) is 4.42 Å². The van der Waals surface area contributed by atoms with Gasteiger partial charge in [0.25, 0.3) is 0 Å². The molecule has 4 rings (SSSR count). The lowest BCUT2D eigenvalue weighted by Crippen LogP contribution is -2.00. The molecule has 2 heterocycles. The molecule has 0 aliphatic heterocycles. The maximum Gasteiger partial charge on any atom is 0.247 e. The van der Waals surface area contributed by atoms with Crippen molar-refractivity contribution >= 4 is 11.8 Å². The van der Waals surface area contributed by atoms with Crippen LogP contribution in [-0.4, -0.2) is 30.4 Å². The summed E-state index contributed by atoms with van der Waals surface area (Å²) in [5.41, 5.74) is 0.685. The zero-order valence-corrected chi connectivity index (χ0v) is 13.1. The lowest BCUT2D eigenvalue weighted by atomic mass is 10.2. The maximum absolute atomic E-state index is 13.0. The Hall–Kier alpha value is -2.29. The van der Waals surface area contributed by atoms with Gasteiger partial charge in [0, 0.05) is 5.56 Å². The van der Waals surface area contributed by atoms with E-state index in [9.17, 15) is 4.39 Å². The number of rotatable bonds is 5. The fourth-order valence-electron chi connectivity index (χ4n) is 2.13. The van der Waals surface area contributed by atoms with E-state index in [2.05, 4.69) is 25.7 Å². The molecular formula is C14H13FN6OS. The summed E-state index contributed by atoms with van der Waals surface area (Å²) in [6, 6.07) is 6.36. The molecule has 1 aliphatic rings. The molecule has 1 fully saturated rings. The van der Waals surface area contributed by atoms with E-state index < -0.39 is 0 Å². The average Bonchev–Trinajstić information content (AvgIpc) is 3.09. The van der Waals surface area contributed by atoms with Crippen LogP contribution in [0.1, 0.15) is 36.9 Å². The summed E-state index contributed by atoms with van der Waals surface area (Å²) in [6.07, 6.45) is 2.23. The summed E-state index contributed by atoms with van der Waals surface area (Å²) in [6.45, 7) is 1.96. The second kappa shape index (κ2) is 5.73. The van der Waals surface area contributed by atoms with Crippen LogP contribution < -0.4 is 0 Å². The van der Waals surface area contributed by atoms with Crippen LogP contribution in [0.2, 0.25) is 0 Å². The minimum atomic E-state index is -0.302. The fraction of sp³-hybridized carbons (Fsp3) is 0.357. The molecule has 9 heteroatoms. The normalized spacial score (nSPS) is 15.7. The summed E-state index contributed by atoms with van der Waals surface area (Å²) in [7, 11) is 0. The molecule has 0 radical (unpaired) electrons. The first-order valence-electron chi connectivity index (χ1n) is 7.24. The molecule has 2 aromatic heterocycles. The summed E-state index contributed by atoms with van der Waals surface area (Å²) in [4.78, 5) is 0.